The number of hydrogen-bond acceptors (Lipinski definition) is 21. The number of phenolic OH excluding ortho intramolecular Hbond substituents is 2. The van der Waals surface area contributed by atoms with Crippen LogP contribution in [0.5, 0.6) is 17.2 Å². The van der Waals surface area contributed by atoms with E-state index in [4.69, 9.17) is 33.1 Å². The molecule has 2 amide bonds. The van der Waals surface area contributed by atoms with E-state index in [1.807, 2.05) is 0 Å². The molecule has 0 radical (unpaired) electrons. The minimum Gasteiger partial charge on any atom is -0.507 e. The van der Waals surface area contributed by atoms with Gasteiger partial charge in [0, 0.05) is 105 Å². The van der Waals surface area contributed by atoms with Gasteiger partial charge in [-0.05, 0) is 37.7 Å². The highest BCUT2D eigenvalue weighted by molar-refractivity contribution is 6.22. The molecule has 1 aliphatic carbocycles. The normalized spacial score (nSPS) is 25.8. The Morgan fingerprint density at radius 1 is 0.881 bits per heavy atom. The third-order valence-electron chi connectivity index (χ3n) is 15.9. The monoisotopic (exact) mass is 1170 g/mol. The molecule has 0 saturated carbocycles. The zero-order chi connectivity index (χ0) is 61.6. The van der Waals surface area contributed by atoms with Gasteiger partial charge in [-0.1, -0.05) is 66.7 Å². The van der Waals surface area contributed by atoms with Gasteiger partial charge in [-0.3, -0.25) is 38.5 Å². The zero-order valence-electron chi connectivity index (χ0n) is 49.1. The second-order valence-electron chi connectivity index (χ2n) is 22.7. The summed E-state index contributed by atoms with van der Waals surface area (Å²) in [5.74, 6) is -11.0. The van der Waals surface area contributed by atoms with Crippen molar-refractivity contribution in [2.24, 2.45) is 35.5 Å². The van der Waals surface area contributed by atoms with E-state index in [0.29, 0.717) is 24.7 Å². The first-order valence-corrected chi connectivity index (χ1v) is 28.1. The van der Waals surface area contributed by atoms with Crippen LogP contribution in [0, 0.1) is 42.4 Å². The van der Waals surface area contributed by atoms with Crippen molar-refractivity contribution in [2.45, 2.75) is 126 Å². The molecule has 23 nitrogen and oxygen atoms in total. The molecule has 6 aliphatic rings. The van der Waals surface area contributed by atoms with E-state index in [-0.39, 0.29) is 68.7 Å². The van der Waals surface area contributed by atoms with Crippen molar-refractivity contribution >= 4 is 81.3 Å². The maximum atomic E-state index is 15.1. The fourth-order valence-electron chi connectivity index (χ4n) is 10.9. The number of carbonyl (C=O) groups is 8. The van der Waals surface area contributed by atoms with Crippen LogP contribution in [0.25, 0.3) is 33.3 Å². The molecular formula is C61H75N5O18. The molecule has 84 heavy (non-hydrogen) atoms. The molecule has 1 fully saturated rings. The Bertz CT molecular complexity index is 3330. The van der Waals surface area contributed by atoms with Crippen LogP contribution in [-0.2, 0) is 52.5 Å². The third kappa shape index (κ3) is 13.7. The number of phenols is 2. The largest absolute Gasteiger partial charge is 0.507 e. The summed E-state index contributed by atoms with van der Waals surface area (Å²) in [6.45, 7) is 21.7. The lowest BCUT2D eigenvalue weighted by molar-refractivity contribution is -0.164. The molecule has 5 bridgehead atoms. The summed E-state index contributed by atoms with van der Waals surface area (Å²) in [6.07, 6.45) is 3.20. The number of rotatable bonds is 14. The second kappa shape index (κ2) is 26.6. The fourth-order valence-corrected chi connectivity index (χ4v) is 10.9. The number of allylic oxidation sites excluding steroid dienone is 3. The van der Waals surface area contributed by atoms with E-state index < -0.39 is 143 Å². The SMILES string of the molecule is CC(=O)O[C@H]1[C@H](C)[C@H](O)[C@H](C)[C@@H](OC(=O)CCOC(=O)CCC(=O)NC(C=O)C=O)[C@@H](C)/C=C/C=C(/C)C(=O)Nc2c3oc4cc(N5CCN(CC(C)C)CC5)cc(O)c4nc-3c3c4c(c(C)c(O)c3c2=O)O[C@](C)(O/C=C/[C@H](C)[C@H]1C)C4=O. The molecule has 0 aromatic heterocycles. The van der Waals surface area contributed by atoms with Gasteiger partial charge in [-0.2, -0.15) is 0 Å². The number of fused-ring (bicyclic) bond motifs is 14. The molecule has 2 aromatic rings. The maximum Gasteiger partial charge on any atom is 0.312 e. The number of ketones is 1. The Kier molecular flexibility index (Phi) is 20.1. The van der Waals surface area contributed by atoms with Crippen LogP contribution >= 0.6 is 0 Å². The number of carbonyl (C=O) groups excluding carboxylic acids is 8. The molecule has 2 aromatic carbocycles. The number of aldehydes is 2. The number of nitrogens with one attached hydrogen (secondary N) is 2. The highest BCUT2D eigenvalue weighted by Crippen LogP contribution is 2.51. The Hall–Kier alpha value is -8.18. The van der Waals surface area contributed by atoms with Gasteiger partial charge < -0.3 is 68.5 Å². The highest BCUT2D eigenvalue weighted by Gasteiger charge is 2.50. The number of amides is 2. The summed E-state index contributed by atoms with van der Waals surface area (Å²) >= 11 is 0. The predicted octanol–water partition coefficient (Wildman–Crippen LogP) is 6.20. The summed E-state index contributed by atoms with van der Waals surface area (Å²) in [7, 11) is 0. The average molecular weight is 1170 g/mol. The molecule has 8 rings (SSSR count). The fraction of sp³-hybridized carbons (Fsp3) is 0.508. The number of aromatic hydroxyl groups is 2. The first-order valence-electron chi connectivity index (χ1n) is 28.1. The lowest BCUT2D eigenvalue weighted by Gasteiger charge is -2.38. The van der Waals surface area contributed by atoms with Crippen LogP contribution < -0.4 is 25.7 Å². The van der Waals surface area contributed by atoms with Gasteiger partial charge >= 0.3 is 23.7 Å². The van der Waals surface area contributed by atoms with E-state index in [9.17, 15) is 53.7 Å². The number of aliphatic hydroxyl groups is 1. The number of benzene rings is 3. The van der Waals surface area contributed by atoms with E-state index in [1.165, 1.54) is 46.1 Å². The Morgan fingerprint density at radius 2 is 1.56 bits per heavy atom. The molecule has 5 N–H and O–H groups in total. The molecule has 5 heterocycles. The van der Waals surface area contributed by atoms with Gasteiger partial charge in [0.05, 0.1) is 36.2 Å². The van der Waals surface area contributed by atoms with E-state index in [0.717, 1.165) is 19.6 Å². The van der Waals surface area contributed by atoms with E-state index >= 15 is 4.79 Å². The molecule has 1 saturated heterocycles. The van der Waals surface area contributed by atoms with Crippen LogP contribution in [0.15, 0.2) is 57.5 Å². The number of aromatic nitrogens is 1. The van der Waals surface area contributed by atoms with Crippen molar-refractivity contribution in [3.05, 3.63) is 69.6 Å². The first kappa shape index (κ1) is 63.4. The number of nitrogens with zero attached hydrogens (tertiary/aromatic N) is 3. The molecular weight excluding hydrogens is 1090 g/mol. The number of anilines is 2. The van der Waals surface area contributed by atoms with E-state index in [2.05, 4.69) is 34.3 Å². The predicted molar refractivity (Wildman–Crippen MR) is 307 cm³/mol. The highest BCUT2D eigenvalue weighted by atomic mass is 16.7. The summed E-state index contributed by atoms with van der Waals surface area (Å²) in [6, 6.07) is 1.86. The van der Waals surface area contributed by atoms with Crippen LogP contribution in [0.4, 0.5) is 11.4 Å². The van der Waals surface area contributed by atoms with Gasteiger partial charge in [-0.25, -0.2) is 4.98 Å². The number of piperazine rings is 1. The van der Waals surface area contributed by atoms with Crippen molar-refractivity contribution in [2.75, 3.05) is 49.5 Å². The number of Topliss-reactive ketones (excluding diaryl/α,β-unsaturated/α-hetero) is 1. The standard InChI is InChI=1S/C61H75N5O18/c1-30(2)27-65-19-21-66(22-20-65)40-25-41(70)49-42(26-40)82-58-50(63-49)46-47-53(75)37(9)57-48(46)59(77)61(11,84-57)80-24-17-31(3)34(6)56(81-38(10)69)36(8)52(74)35(7)55(32(4)13-12-14-33(5)60(78)64-51(58)54(47)76)83-45(73)18-23-79-44(72)16-15-43(71)62-39(28-67)29-68/h12-14,17,24-26,28-32,34-36,39,52,55-56,70,74-75H,15-16,18-23,27H2,1-11H3,(H,62,71)(H,64,78)/b13-12+,24-17+,33-14-/t31-,32-,34+,35-,36+,52+,55-,56+,61-/m0/s1. The van der Waals surface area contributed by atoms with Gasteiger partial charge in [0.1, 0.15) is 71.6 Å². The van der Waals surface area contributed by atoms with Crippen molar-refractivity contribution < 1.29 is 81.8 Å². The lowest BCUT2D eigenvalue weighted by Crippen LogP contribution is -2.47. The quantitative estimate of drug-likeness (QED) is 0.0234. The summed E-state index contributed by atoms with van der Waals surface area (Å²) in [5, 5.41) is 40.1. The van der Waals surface area contributed by atoms with Crippen LogP contribution in [0.3, 0.4) is 0 Å². The van der Waals surface area contributed by atoms with Crippen LogP contribution in [-0.4, -0.2) is 143 Å². The smallest absolute Gasteiger partial charge is 0.312 e. The van der Waals surface area contributed by atoms with Crippen molar-refractivity contribution in [3.8, 4) is 28.7 Å². The number of ether oxygens (including phenoxy) is 5. The number of esters is 3. The second-order valence-corrected chi connectivity index (χ2v) is 22.7. The van der Waals surface area contributed by atoms with Gasteiger partial charge in [0.15, 0.2) is 11.3 Å². The van der Waals surface area contributed by atoms with Crippen molar-refractivity contribution in [3.63, 3.8) is 0 Å². The summed E-state index contributed by atoms with van der Waals surface area (Å²) in [5.41, 5.74) is -1.10. The first-order chi connectivity index (χ1) is 39.7. The van der Waals surface area contributed by atoms with Crippen LogP contribution in [0.1, 0.15) is 104 Å². The van der Waals surface area contributed by atoms with E-state index in [1.54, 1.807) is 58.9 Å². The van der Waals surface area contributed by atoms with Gasteiger partial charge in [0.2, 0.25) is 11.3 Å². The maximum absolute atomic E-state index is 15.1. The Morgan fingerprint density at radius 3 is 2.21 bits per heavy atom. The molecule has 9 atom stereocenters. The molecule has 5 aliphatic heterocycles. The molecule has 23 heteroatoms. The number of hydrogen-bond donors (Lipinski definition) is 5. The topological polar surface area (TPSA) is 317 Å². The van der Waals surface area contributed by atoms with Crippen molar-refractivity contribution in [1.82, 2.24) is 15.2 Å². The minimum atomic E-state index is -2.11. The summed E-state index contributed by atoms with van der Waals surface area (Å²) in [4.78, 5) is 126. The Labute approximate surface area is 485 Å². The third-order valence-corrected chi connectivity index (χ3v) is 15.9. The lowest BCUT2D eigenvalue weighted by atomic mass is 9.77. The molecule has 0 spiro atoms. The summed E-state index contributed by atoms with van der Waals surface area (Å²) < 4.78 is 36.0. The van der Waals surface area contributed by atoms with Gasteiger partial charge in [0.25, 0.3) is 11.7 Å². The van der Waals surface area contributed by atoms with Gasteiger partial charge in [-0.15, -0.1) is 0 Å². The van der Waals surface area contributed by atoms with Crippen LogP contribution in [0.2, 0.25) is 0 Å². The molecule has 452 valence electrons. The minimum absolute atomic E-state index is 0.00147. The van der Waals surface area contributed by atoms with Crippen molar-refractivity contribution in [1.29, 1.82) is 0 Å². The zero-order valence-corrected chi connectivity index (χ0v) is 49.1. The Balaban J connectivity index is 1.30. The molecule has 0 unspecified atom stereocenters. The average Bonchev–Trinajstić information content (AvgIpc) is 1.40. The number of aliphatic hydroxyl groups excluding tert-OH is 1.